The molecule has 29 heavy (non-hydrogen) atoms. The van der Waals surface area contributed by atoms with Crippen molar-refractivity contribution in [2.45, 2.75) is 51.2 Å². The van der Waals surface area contributed by atoms with Gasteiger partial charge in [0.2, 0.25) is 5.91 Å². The van der Waals surface area contributed by atoms with Crippen LogP contribution in [0.15, 0.2) is 54.6 Å². The Bertz CT molecular complexity index is 822. The van der Waals surface area contributed by atoms with Crippen molar-refractivity contribution in [2.75, 3.05) is 6.61 Å². The Balaban J connectivity index is 1.70. The zero-order valence-corrected chi connectivity index (χ0v) is 17.4. The molecule has 0 radical (unpaired) electrons. The first kappa shape index (κ1) is 21.2. The fraction of sp³-hybridized carbons (Fsp3) is 0.391. The lowest BCUT2D eigenvalue weighted by molar-refractivity contribution is -0.142. The monoisotopic (exact) mass is 414 g/mol. The number of amides is 2. The molecule has 1 atom stereocenters. The van der Waals surface area contributed by atoms with Gasteiger partial charge in [0.25, 0.3) is 5.91 Å². The fourth-order valence-corrected chi connectivity index (χ4v) is 3.76. The largest absolute Gasteiger partial charge is 0.484 e. The van der Waals surface area contributed by atoms with Crippen LogP contribution in [0.4, 0.5) is 0 Å². The molecule has 2 aromatic carbocycles. The minimum absolute atomic E-state index is 0.132. The summed E-state index contributed by atoms with van der Waals surface area (Å²) < 4.78 is 5.62. The van der Waals surface area contributed by atoms with E-state index in [0.717, 1.165) is 31.2 Å². The summed E-state index contributed by atoms with van der Waals surface area (Å²) in [6, 6.07) is 16.1. The normalized spacial score (nSPS) is 15.0. The molecule has 2 amide bonds. The molecule has 0 unspecified atom stereocenters. The van der Waals surface area contributed by atoms with Crippen molar-refractivity contribution in [1.82, 2.24) is 10.2 Å². The molecule has 0 bridgehead atoms. The number of para-hydroxylation sites is 1. The summed E-state index contributed by atoms with van der Waals surface area (Å²) in [5, 5.41) is 3.68. The number of nitrogens with zero attached hydrogens (tertiary/aromatic N) is 1. The molecule has 2 aromatic rings. The van der Waals surface area contributed by atoms with Gasteiger partial charge in [0, 0.05) is 17.6 Å². The van der Waals surface area contributed by atoms with E-state index in [1.54, 1.807) is 30.0 Å². The lowest BCUT2D eigenvalue weighted by atomic mass is 10.1. The van der Waals surface area contributed by atoms with Crippen LogP contribution < -0.4 is 10.1 Å². The summed E-state index contributed by atoms with van der Waals surface area (Å²) in [4.78, 5) is 27.3. The Hall–Kier alpha value is -2.53. The van der Waals surface area contributed by atoms with Gasteiger partial charge in [0.05, 0.1) is 0 Å². The summed E-state index contributed by atoms with van der Waals surface area (Å²) in [5.74, 6) is 0.238. The molecular formula is C23H27ClN2O3. The maximum atomic E-state index is 13.0. The average Bonchev–Trinajstić information content (AvgIpc) is 3.23. The van der Waals surface area contributed by atoms with Crippen molar-refractivity contribution in [2.24, 2.45) is 0 Å². The number of halogens is 1. The second-order valence-corrected chi connectivity index (χ2v) is 7.86. The van der Waals surface area contributed by atoms with Gasteiger partial charge in [-0.15, -0.1) is 0 Å². The van der Waals surface area contributed by atoms with Crippen molar-refractivity contribution in [3.8, 4) is 5.75 Å². The second kappa shape index (κ2) is 10.3. The maximum Gasteiger partial charge on any atom is 0.261 e. The molecule has 1 saturated carbocycles. The summed E-state index contributed by atoms with van der Waals surface area (Å²) in [6.07, 6.45) is 4.26. The van der Waals surface area contributed by atoms with Crippen LogP contribution in [0.2, 0.25) is 5.02 Å². The zero-order chi connectivity index (χ0) is 20.6. The molecule has 1 N–H and O–H groups in total. The molecule has 1 aliphatic carbocycles. The third-order valence-corrected chi connectivity index (χ3v) is 5.45. The standard InChI is InChI=1S/C23H27ClN2O3/c1-17(23(28)25-20-10-5-6-11-20)26(15-18-8-7-9-19(24)14-18)22(27)16-29-21-12-3-2-4-13-21/h2-4,7-9,12-14,17,20H,5-6,10-11,15-16H2,1H3,(H,25,28)/t17-/m1/s1. The minimum atomic E-state index is -0.610. The van der Waals surface area contributed by atoms with E-state index >= 15 is 0 Å². The van der Waals surface area contributed by atoms with Crippen LogP contribution in [0, 0.1) is 0 Å². The van der Waals surface area contributed by atoms with E-state index in [9.17, 15) is 9.59 Å². The van der Waals surface area contributed by atoms with Crippen molar-refractivity contribution >= 4 is 23.4 Å². The van der Waals surface area contributed by atoms with Crippen LogP contribution in [0.25, 0.3) is 0 Å². The molecule has 0 aliphatic heterocycles. The summed E-state index contributed by atoms with van der Waals surface area (Å²) in [5.41, 5.74) is 0.867. The van der Waals surface area contributed by atoms with Crippen molar-refractivity contribution in [1.29, 1.82) is 0 Å². The Morgan fingerprint density at radius 3 is 2.55 bits per heavy atom. The second-order valence-electron chi connectivity index (χ2n) is 7.42. The molecule has 5 nitrogen and oxygen atoms in total. The van der Waals surface area contributed by atoms with Gasteiger partial charge in [-0.25, -0.2) is 0 Å². The van der Waals surface area contributed by atoms with Gasteiger partial charge < -0.3 is 15.0 Å². The molecule has 3 rings (SSSR count). The smallest absolute Gasteiger partial charge is 0.261 e. The quantitative estimate of drug-likeness (QED) is 0.704. The summed E-state index contributed by atoms with van der Waals surface area (Å²) >= 11 is 6.10. The maximum absolute atomic E-state index is 13.0. The Labute approximate surface area is 177 Å². The number of carbonyl (C=O) groups is 2. The third kappa shape index (κ3) is 6.23. The Morgan fingerprint density at radius 2 is 1.86 bits per heavy atom. The highest BCUT2D eigenvalue weighted by Crippen LogP contribution is 2.19. The molecule has 1 aliphatic rings. The van der Waals surface area contributed by atoms with Crippen LogP contribution in [0.1, 0.15) is 38.2 Å². The number of rotatable bonds is 8. The molecule has 0 heterocycles. The van der Waals surface area contributed by atoms with Gasteiger partial charge in [0.15, 0.2) is 6.61 Å². The van der Waals surface area contributed by atoms with E-state index in [1.165, 1.54) is 0 Å². The predicted octanol–water partition coefficient (Wildman–Crippen LogP) is 4.19. The highest BCUT2D eigenvalue weighted by atomic mass is 35.5. The lowest BCUT2D eigenvalue weighted by Crippen LogP contribution is -2.50. The van der Waals surface area contributed by atoms with Crippen molar-refractivity contribution in [3.05, 3.63) is 65.2 Å². The van der Waals surface area contributed by atoms with Crippen LogP contribution in [0.3, 0.4) is 0 Å². The Morgan fingerprint density at radius 1 is 1.14 bits per heavy atom. The van der Waals surface area contributed by atoms with Gasteiger partial charge in [-0.05, 0) is 49.6 Å². The topological polar surface area (TPSA) is 58.6 Å². The average molecular weight is 415 g/mol. The number of carbonyl (C=O) groups excluding carboxylic acids is 2. The number of hydrogen-bond donors (Lipinski definition) is 1. The number of hydrogen-bond acceptors (Lipinski definition) is 3. The lowest BCUT2D eigenvalue weighted by Gasteiger charge is -2.29. The molecule has 0 spiro atoms. The van der Waals surface area contributed by atoms with Crippen LogP contribution in [-0.4, -0.2) is 35.4 Å². The van der Waals surface area contributed by atoms with Crippen LogP contribution >= 0.6 is 11.6 Å². The number of benzene rings is 2. The van der Waals surface area contributed by atoms with E-state index in [2.05, 4.69) is 5.32 Å². The van der Waals surface area contributed by atoms with E-state index in [4.69, 9.17) is 16.3 Å². The number of nitrogens with one attached hydrogen (secondary N) is 1. The number of ether oxygens (including phenoxy) is 1. The van der Waals surface area contributed by atoms with Gasteiger partial charge in [-0.1, -0.05) is 54.8 Å². The fourth-order valence-electron chi connectivity index (χ4n) is 3.55. The molecule has 6 heteroatoms. The molecular weight excluding hydrogens is 388 g/mol. The highest BCUT2D eigenvalue weighted by molar-refractivity contribution is 6.30. The predicted molar refractivity (Wildman–Crippen MR) is 114 cm³/mol. The van der Waals surface area contributed by atoms with Crippen molar-refractivity contribution < 1.29 is 14.3 Å². The molecule has 0 saturated heterocycles. The van der Waals surface area contributed by atoms with E-state index in [0.29, 0.717) is 10.8 Å². The van der Waals surface area contributed by atoms with Gasteiger partial charge in [-0.2, -0.15) is 0 Å². The van der Waals surface area contributed by atoms with Crippen LogP contribution in [0.5, 0.6) is 5.75 Å². The van der Waals surface area contributed by atoms with E-state index in [1.807, 2.05) is 36.4 Å². The van der Waals surface area contributed by atoms with E-state index in [-0.39, 0.29) is 31.0 Å². The third-order valence-electron chi connectivity index (χ3n) is 5.22. The Kier molecular flexibility index (Phi) is 7.53. The SMILES string of the molecule is C[C@H](C(=O)NC1CCCC1)N(Cc1cccc(Cl)c1)C(=O)COc1ccccc1. The first-order valence-corrected chi connectivity index (χ1v) is 10.4. The molecule has 1 fully saturated rings. The van der Waals surface area contributed by atoms with Gasteiger partial charge in [0.1, 0.15) is 11.8 Å². The minimum Gasteiger partial charge on any atom is -0.484 e. The zero-order valence-electron chi connectivity index (χ0n) is 16.6. The van der Waals surface area contributed by atoms with Crippen molar-refractivity contribution in [3.63, 3.8) is 0 Å². The summed E-state index contributed by atoms with van der Waals surface area (Å²) in [6.45, 7) is 1.91. The first-order valence-electron chi connectivity index (χ1n) is 10.0. The first-order chi connectivity index (χ1) is 14.0. The van der Waals surface area contributed by atoms with E-state index < -0.39 is 6.04 Å². The highest BCUT2D eigenvalue weighted by Gasteiger charge is 2.28. The van der Waals surface area contributed by atoms with Crippen LogP contribution in [-0.2, 0) is 16.1 Å². The van der Waals surface area contributed by atoms with Gasteiger partial charge >= 0.3 is 0 Å². The molecule has 0 aromatic heterocycles. The van der Waals surface area contributed by atoms with Gasteiger partial charge in [-0.3, -0.25) is 9.59 Å². The molecule has 154 valence electrons. The summed E-state index contributed by atoms with van der Waals surface area (Å²) in [7, 11) is 0.